The molecule has 0 unspecified atom stereocenters. The van der Waals surface area contributed by atoms with Crippen LogP contribution in [0.1, 0.15) is 52.4 Å². The summed E-state index contributed by atoms with van der Waals surface area (Å²) >= 11 is 0. The van der Waals surface area contributed by atoms with Crippen LogP contribution in [0.2, 0.25) is 0 Å². The number of nitrogen functional groups attached to an aromatic ring is 1. The Labute approximate surface area is 112 Å². The van der Waals surface area contributed by atoms with Gasteiger partial charge in [0.1, 0.15) is 0 Å². The van der Waals surface area contributed by atoms with E-state index in [0.717, 1.165) is 18.8 Å². The number of benzene rings is 1. The summed E-state index contributed by atoms with van der Waals surface area (Å²) in [7, 11) is 0. The molecule has 0 saturated carbocycles. The van der Waals surface area contributed by atoms with Gasteiger partial charge in [-0.25, -0.2) is 0 Å². The molecular weight excluding hydrogens is 220 g/mol. The molecule has 0 saturated heterocycles. The summed E-state index contributed by atoms with van der Waals surface area (Å²) in [6.07, 6.45) is 8.13. The molecule has 0 aliphatic rings. The van der Waals surface area contributed by atoms with Gasteiger partial charge in [0.15, 0.2) is 0 Å². The number of hydrogen-bond acceptors (Lipinski definition) is 2. The molecule has 0 atom stereocenters. The van der Waals surface area contributed by atoms with E-state index in [1.54, 1.807) is 0 Å². The number of nitrogens with zero attached hydrogens (tertiary/aromatic N) is 1. The Morgan fingerprint density at radius 3 is 2.11 bits per heavy atom. The van der Waals surface area contributed by atoms with Crippen molar-refractivity contribution >= 4 is 11.4 Å². The highest BCUT2D eigenvalue weighted by molar-refractivity contribution is 5.52. The fourth-order valence-electron chi connectivity index (χ4n) is 2.24. The molecule has 102 valence electrons. The van der Waals surface area contributed by atoms with Crippen LogP contribution in [0.15, 0.2) is 24.3 Å². The van der Waals surface area contributed by atoms with Crippen molar-refractivity contribution in [2.24, 2.45) is 0 Å². The SMILES string of the molecule is CCCCCCCCN(CC)c1ccc(N)cc1. The van der Waals surface area contributed by atoms with Crippen LogP contribution >= 0.6 is 0 Å². The van der Waals surface area contributed by atoms with Gasteiger partial charge in [0, 0.05) is 24.5 Å². The molecule has 0 aliphatic heterocycles. The Kier molecular flexibility index (Phi) is 7.31. The molecule has 1 rings (SSSR count). The topological polar surface area (TPSA) is 29.3 Å². The second-order valence-corrected chi connectivity index (χ2v) is 4.94. The zero-order valence-electron chi connectivity index (χ0n) is 12.0. The molecule has 0 amide bonds. The molecule has 2 N–H and O–H groups in total. The lowest BCUT2D eigenvalue weighted by Gasteiger charge is -2.23. The second kappa shape index (κ2) is 8.84. The van der Waals surface area contributed by atoms with Gasteiger partial charge in [0.05, 0.1) is 0 Å². The fraction of sp³-hybridized carbons (Fsp3) is 0.625. The Balaban J connectivity index is 2.27. The first-order valence-corrected chi connectivity index (χ1v) is 7.38. The molecular formula is C16H28N2. The lowest BCUT2D eigenvalue weighted by Crippen LogP contribution is -2.23. The van der Waals surface area contributed by atoms with Crippen molar-refractivity contribution in [3.05, 3.63) is 24.3 Å². The molecule has 0 heterocycles. The van der Waals surface area contributed by atoms with Crippen molar-refractivity contribution in [3.8, 4) is 0 Å². The predicted octanol–water partition coefficient (Wildman–Crippen LogP) is 4.46. The molecule has 0 spiro atoms. The van der Waals surface area contributed by atoms with Crippen LogP contribution in [0, 0.1) is 0 Å². The molecule has 0 radical (unpaired) electrons. The Bertz CT molecular complexity index is 305. The summed E-state index contributed by atoms with van der Waals surface area (Å²) < 4.78 is 0. The van der Waals surface area contributed by atoms with E-state index >= 15 is 0 Å². The summed E-state index contributed by atoms with van der Waals surface area (Å²) in [5, 5.41) is 0. The Morgan fingerprint density at radius 1 is 0.889 bits per heavy atom. The van der Waals surface area contributed by atoms with Crippen LogP contribution in [-0.2, 0) is 0 Å². The number of rotatable bonds is 9. The summed E-state index contributed by atoms with van der Waals surface area (Å²) in [6, 6.07) is 8.21. The zero-order valence-corrected chi connectivity index (χ0v) is 12.0. The Hall–Kier alpha value is -1.18. The maximum Gasteiger partial charge on any atom is 0.0367 e. The van der Waals surface area contributed by atoms with Gasteiger partial charge >= 0.3 is 0 Å². The van der Waals surface area contributed by atoms with Gasteiger partial charge < -0.3 is 10.6 Å². The lowest BCUT2D eigenvalue weighted by molar-refractivity contribution is 0.601. The van der Waals surface area contributed by atoms with Crippen LogP contribution in [0.4, 0.5) is 11.4 Å². The van der Waals surface area contributed by atoms with E-state index in [-0.39, 0.29) is 0 Å². The highest BCUT2D eigenvalue weighted by atomic mass is 15.1. The van der Waals surface area contributed by atoms with E-state index < -0.39 is 0 Å². The number of anilines is 2. The average molecular weight is 248 g/mol. The van der Waals surface area contributed by atoms with Crippen LogP contribution in [0.5, 0.6) is 0 Å². The van der Waals surface area contributed by atoms with Gasteiger partial charge in [-0.15, -0.1) is 0 Å². The van der Waals surface area contributed by atoms with Crippen molar-refractivity contribution in [2.75, 3.05) is 23.7 Å². The minimum absolute atomic E-state index is 0.842. The highest BCUT2D eigenvalue weighted by Gasteiger charge is 2.03. The van der Waals surface area contributed by atoms with Crippen molar-refractivity contribution in [2.45, 2.75) is 52.4 Å². The summed E-state index contributed by atoms with van der Waals surface area (Å²) in [4.78, 5) is 2.43. The molecule has 18 heavy (non-hydrogen) atoms. The molecule has 0 bridgehead atoms. The first-order valence-electron chi connectivity index (χ1n) is 7.38. The monoisotopic (exact) mass is 248 g/mol. The third-order valence-corrected chi connectivity index (χ3v) is 3.42. The van der Waals surface area contributed by atoms with Crippen molar-refractivity contribution < 1.29 is 0 Å². The molecule has 0 fully saturated rings. The molecule has 1 aromatic rings. The van der Waals surface area contributed by atoms with Gasteiger partial charge in [-0.3, -0.25) is 0 Å². The van der Waals surface area contributed by atoms with Gasteiger partial charge in [0.2, 0.25) is 0 Å². The predicted molar refractivity (Wildman–Crippen MR) is 82.1 cm³/mol. The first kappa shape index (κ1) is 14.9. The number of hydrogen-bond donors (Lipinski definition) is 1. The highest BCUT2D eigenvalue weighted by Crippen LogP contribution is 2.17. The van der Waals surface area contributed by atoms with Crippen molar-refractivity contribution in [1.29, 1.82) is 0 Å². The largest absolute Gasteiger partial charge is 0.399 e. The van der Waals surface area contributed by atoms with E-state index in [1.807, 2.05) is 12.1 Å². The third-order valence-electron chi connectivity index (χ3n) is 3.42. The summed E-state index contributed by atoms with van der Waals surface area (Å²) in [5.74, 6) is 0. The van der Waals surface area contributed by atoms with E-state index in [9.17, 15) is 0 Å². The van der Waals surface area contributed by atoms with Crippen molar-refractivity contribution in [1.82, 2.24) is 0 Å². The lowest BCUT2D eigenvalue weighted by atomic mass is 10.1. The van der Waals surface area contributed by atoms with E-state index in [4.69, 9.17) is 5.73 Å². The molecule has 2 nitrogen and oxygen atoms in total. The quantitative estimate of drug-likeness (QED) is 0.516. The van der Waals surface area contributed by atoms with E-state index in [0.29, 0.717) is 0 Å². The first-order chi connectivity index (χ1) is 8.77. The zero-order chi connectivity index (χ0) is 13.2. The van der Waals surface area contributed by atoms with Crippen LogP contribution in [0.3, 0.4) is 0 Å². The van der Waals surface area contributed by atoms with Gasteiger partial charge in [-0.1, -0.05) is 39.0 Å². The molecule has 0 aliphatic carbocycles. The molecule has 2 heteroatoms. The maximum absolute atomic E-state index is 5.72. The Morgan fingerprint density at radius 2 is 1.50 bits per heavy atom. The van der Waals surface area contributed by atoms with E-state index in [2.05, 4.69) is 30.9 Å². The molecule has 0 aromatic heterocycles. The fourth-order valence-corrected chi connectivity index (χ4v) is 2.24. The second-order valence-electron chi connectivity index (χ2n) is 4.94. The average Bonchev–Trinajstić information content (AvgIpc) is 2.39. The normalized spacial score (nSPS) is 10.6. The van der Waals surface area contributed by atoms with Crippen LogP contribution in [-0.4, -0.2) is 13.1 Å². The maximum atomic E-state index is 5.72. The standard InChI is InChI=1S/C16H28N2/c1-3-5-6-7-8-9-14-18(4-2)16-12-10-15(17)11-13-16/h10-13H,3-9,14,17H2,1-2H3. The van der Waals surface area contributed by atoms with Crippen LogP contribution in [0.25, 0.3) is 0 Å². The number of nitrogens with two attached hydrogens (primary N) is 1. The van der Waals surface area contributed by atoms with Gasteiger partial charge in [-0.05, 0) is 37.6 Å². The summed E-state index contributed by atoms with van der Waals surface area (Å²) in [6.45, 7) is 6.71. The smallest absolute Gasteiger partial charge is 0.0367 e. The van der Waals surface area contributed by atoms with E-state index in [1.165, 1.54) is 44.2 Å². The minimum atomic E-state index is 0.842. The molecule has 1 aromatic carbocycles. The van der Waals surface area contributed by atoms with Gasteiger partial charge in [0.25, 0.3) is 0 Å². The number of unbranched alkanes of at least 4 members (excludes halogenated alkanes) is 5. The van der Waals surface area contributed by atoms with Crippen LogP contribution < -0.4 is 10.6 Å². The summed E-state index contributed by atoms with van der Waals surface area (Å²) in [5.41, 5.74) is 7.85. The minimum Gasteiger partial charge on any atom is -0.399 e. The third kappa shape index (κ3) is 5.44. The van der Waals surface area contributed by atoms with Crippen molar-refractivity contribution in [3.63, 3.8) is 0 Å². The van der Waals surface area contributed by atoms with Gasteiger partial charge in [-0.2, -0.15) is 0 Å².